The summed E-state index contributed by atoms with van der Waals surface area (Å²) in [5.41, 5.74) is 1.54. The monoisotopic (exact) mass is 166 g/mol. The second-order valence-electron chi connectivity index (χ2n) is 3.42. The van der Waals surface area contributed by atoms with Gasteiger partial charge in [0.15, 0.2) is 5.78 Å². The number of ketones is 1. The topological polar surface area (TPSA) is 37.3 Å². The van der Waals surface area contributed by atoms with Crippen molar-refractivity contribution in [1.29, 1.82) is 0 Å². The minimum Gasteiger partial charge on any atom is -0.388 e. The predicted octanol–water partition coefficient (Wildman–Crippen LogP) is 1.46. The predicted molar refractivity (Wildman–Crippen MR) is 47.7 cm³/mol. The SMILES string of the molecule is C=C(C)[C@@H]1CC(=O)C(C)=C[C@H]1O. The van der Waals surface area contributed by atoms with Gasteiger partial charge in [0.1, 0.15) is 0 Å². The van der Waals surface area contributed by atoms with Gasteiger partial charge in [0, 0.05) is 12.3 Å². The van der Waals surface area contributed by atoms with Gasteiger partial charge in [-0.1, -0.05) is 12.2 Å². The molecule has 0 bridgehead atoms. The fraction of sp³-hybridized carbons (Fsp3) is 0.500. The molecule has 0 radical (unpaired) electrons. The van der Waals surface area contributed by atoms with E-state index in [2.05, 4.69) is 6.58 Å². The number of hydrogen-bond donors (Lipinski definition) is 1. The van der Waals surface area contributed by atoms with E-state index in [0.717, 1.165) is 5.57 Å². The number of carbonyl (C=O) groups is 1. The number of carbonyl (C=O) groups excluding carboxylic acids is 1. The van der Waals surface area contributed by atoms with E-state index < -0.39 is 6.10 Å². The molecule has 1 N–H and O–H groups in total. The fourth-order valence-electron chi connectivity index (χ4n) is 1.41. The van der Waals surface area contributed by atoms with E-state index in [0.29, 0.717) is 12.0 Å². The molecule has 0 aromatic rings. The molecule has 0 saturated heterocycles. The maximum Gasteiger partial charge on any atom is 0.159 e. The molecule has 66 valence electrons. The molecule has 0 heterocycles. The van der Waals surface area contributed by atoms with Crippen molar-refractivity contribution in [2.75, 3.05) is 0 Å². The van der Waals surface area contributed by atoms with E-state index in [9.17, 15) is 9.90 Å². The molecule has 2 atom stereocenters. The Kier molecular flexibility index (Phi) is 2.48. The van der Waals surface area contributed by atoms with E-state index in [4.69, 9.17) is 0 Å². The van der Waals surface area contributed by atoms with E-state index in [-0.39, 0.29) is 11.7 Å². The zero-order valence-corrected chi connectivity index (χ0v) is 7.50. The van der Waals surface area contributed by atoms with E-state index in [1.807, 2.05) is 6.92 Å². The number of aliphatic hydroxyl groups is 1. The molecule has 0 aliphatic heterocycles. The molecule has 0 fully saturated rings. The summed E-state index contributed by atoms with van der Waals surface area (Å²) < 4.78 is 0. The van der Waals surface area contributed by atoms with Crippen LogP contribution >= 0.6 is 0 Å². The lowest BCUT2D eigenvalue weighted by Crippen LogP contribution is -2.27. The highest BCUT2D eigenvalue weighted by molar-refractivity contribution is 5.96. The average molecular weight is 166 g/mol. The van der Waals surface area contributed by atoms with Gasteiger partial charge in [-0.15, -0.1) is 0 Å². The van der Waals surface area contributed by atoms with Gasteiger partial charge in [-0.25, -0.2) is 0 Å². The lowest BCUT2D eigenvalue weighted by atomic mass is 9.83. The first kappa shape index (κ1) is 9.20. The molecule has 1 aliphatic carbocycles. The van der Waals surface area contributed by atoms with Crippen LogP contribution in [0.5, 0.6) is 0 Å². The number of allylic oxidation sites excluding steroid dienone is 1. The molecule has 0 spiro atoms. The summed E-state index contributed by atoms with van der Waals surface area (Å²) in [5.74, 6) is 0.0366. The van der Waals surface area contributed by atoms with Crippen LogP contribution < -0.4 is 0 Å². The molecule has 0 aromatic heterocycles. The molecular weight excluding hydrogens is 152 g/mol. The number of aliphatic hydroxyl groups excluding tert-OH is 1. The summed E-state index contributed by atoms with van der Waals surface area (Å²) in [6, 6.07) is 0. The summed E-state index contributed by atoms with van der Waals surface area (Å²) in [4.78, 5) is 11.2. The van der Waals surface area contributed by atoms with Crippen LogP contribution in [0.1, 0.15) is 20.3 Å². The fourth-order valence-corrected chi connectivity index (χ4v) is 1.41. The van der Waals surface area contributed by atoms with E-state index in [1.165, 1.54) is 0 Å². The van der Waals surface area contributed by atoms with Crippen LogP contribution in [0.15, 0.2) is 23.8 Å². The first-order valence-electron chi connectivity index (χ1n) is 4.07. The highest BCUT2D eigenvalue weighted by atomic mass is 16.3. The average Bonchev–Trinajstić information content (AvgIpc) is 1.96. The summed E-state index contributed by atoms with van der Waals surface area (Å²) in [5, 5.41) is 9.54. The van der Waals surface area contributed by atoms with Gasteiger partial charge in [0.25, 0.3) is 0 Å². The normalized spacial score (nSPS) is 29.9. The van der Waals surface area contributed by atoms with Crippen LogP contribution in [0.25, 0.3) is 0 Å². The Balaban J connectivity index is 2.86. The smallest absolute Gasteiger partial charge is 0.159 e. The largest absolute Gasteiger partial charge is 0.388 e. The molecule has 0 unspecified atom stereocenters. The van der Waals surface area contributed by atoms with E-state index >= 15 is 0 Å². The third-order valence-electron chi connectivity index (χ3n) is 2.31. The molecule has 1 aliphatic rings. The summed E-state index contributed by atoms with van der Waals surface area (Å²) in [7, 11) is 0. The maximum absolute atomic E-state index is 11.2. The molecule has 0 aromatic carbocycles. The third kappa shape index (κ3) is 1.64. The maximum atomic E-state index is 11.2. The Morgan fingerprint density at radius 2 is 2.33 bits per heavy atom. The Hall–Kier alpha value is -0.890. The van der Waals surface area contributed by atoms with Crippen molar-refractivity contribution in [2.24, 2.45) is 5.92 Å². The van der Waals surface area contributed by atoms with Crippen LogP contribution in [-0.4, -0.2) is 17.0 Å². The molecule has 12 heavy (non-hydrogen) atoms. The van der Waals surface area contributed by atoms with Crippen LogP contribution in [-0.2, 0) is 4.79 Å². The van der Waals surface area contributed by atoms with Crippen LogP contribution in [0.3, 0.4) is 0 Å². The van der Waals surface area contributed by atoms with Crippen molar-refractivity contribution in [2.45, 2.75) is 26.4 Å². The molecule has 2 heteroatoms. The van der Waals surface area contributed by atoms with Crippen molar-refractivity contribution in [3.63, 3.8) is 0 Å². The van der Waals surface area contributed by atoms with Gasteiger partial charge in [-0.05, 0) is 25.5 Å². The van der Waals surface area contributed by atoms with Crippen molar-refractivity contribution < 1.29 is 9.90 Å². The molecule has 2 nitrogen and oxygen atoms in total. The van der Waals surface area contributed by atoms with Crippen LogP contribution in [0.2, 0.25) is 0 Å². The van der Waals surface area contributed by atoms with Crippen LogP contribution in [0, 0.1) is 5.92 Å². The van der Waals surface area contributed by atoms with E-state index in [1.54, 1.807) is 13.0 Å². The molecular formula is C10H14O2. The minimum atomic E-state index is -0.528. The van der Waals surface area contributed by atoms with Crippen LogP contribution in [0.4, 0.5) is 0 Å². The second-order valence-corrected chi connectivity index (χ2v) is 3.42. The minimum absolute atomic E-state index is 0.0822. The standard InChI is InChI=1S/C10H14O2/c1-6(2)8-5-9(11)7(3)4-10(8)12/h4,8,10,12H,1,5H2,2-3H3/t8-,10+/m0/s1. The first-order chi connectivity index (χ1) is 5.52. The lowest BCUT2D eigenvalue weighted by Gasteiger charge is -2.24. The highest BCUT2D eigenvalue weighted by Gasteiger charge is 2.26. The quantitative estimate of drug-likeness (QED) is 0.599. The Morgan fingerprint density at radius 1 is 1.75 bits per heavy atom. The Bertz CT molecular complexity index is 251. The Labute approximate surface area is 72.6 Å². The van der Waals surface area contributed by atoms with Gasteiger partial charge < -0.3 is 5.11 Å². The van der Waals surface area contributed by atoms with Gasteiger partial charge in [0.05, 0.1) is 6.10 Å². The van der Waals surface area contributed by atoms with Crippen molar-refractivity contribution in [3.05, 3.63) is 23.8 Å². The number of rotatable bonds is 1. The summed E-state index contributed by atoms with van der Waals surface area (Å²) >= 11 is 0. The molecule has 1 rings (SSSR count). The number of Topliss-reactive ketones (excluding diaryl/α,β-unsaturated/α-hetero) is 1. The molecule has 0 amide bonds. The number of hydrogen-bond acceptors (Lipinski definition) is 2. The molecule has 0 saturated carbocycles. The van der Waals surface area contributed by atoms with Gasteiger partial charge in [-0.2, -0.15) is 0 Å². The van der Waals surface area contributed by atoms with Gasteiger partial charge >= 0.3 is 0 Å². The zero-order chi connectivity index (χ0) is 9.30. The van der Waals surface area contributed by atoms with Gasteiger partial charge in [-0.3, -0.25) is 4.79 Å². The summed E-state index contributed by atoms with van der Waals surface area (Å²) in [6.07, 6.45) is 1.49. The highest BCUT2D eigenvalue weighted by Crippen LogP contribution is 2.25. The second kappa shape index (κ2) is 3.23. The first-order valence-corrected chi connectivity index (χ1v) is 4.07. The van der Waals surface area contributed by atoms with Crippen molar-refractivity contribution in [3.8, 4) is 0 Å². The van der Waals surface area contributed by atoms with Crippen molar-refractivity contribution in [1.82, 2.24) is 0 Å². The Morgan fingerprint density at radius 3 is 2.83 bits per heavy atom. The van der Waals surface area contributed by atoms with Gasteiger partial charge in [0.2, 0.25) is 0 Å². The summed E-state index contributed by atoms with van der Waals surface area (Å²) in [6.45, 7) is 7.33. The van der Waals surface area contributed by atoms with Crippen molar-refractivity contribution >= 4 is 5.78 Å². The zero-order valence-electron chi connectivity index (χ0n) is 7.50. The third-order valence-corrected chi connectivity index (χ3v) is 2.31. The lowest BCUT2D eigenvalue weighted by molar-refractivity contribution is -0.117.